The minimum atomic E-state index is 0.154. The molecule has 1 rings (SSSR count). The van der Waals surface area contributed by atoms with Crippen molar-refractivity contribution >= 4 is 17.6 Å². The molecule has 0 aliphatic rings. The molecule has 1 aromatic rings. The summed E-state index contributed by atoms with van der Waals surface area (Å²) in [6.07, 6.45) is 0.925. The van der Waals surface area contributed by atoms with Crippen molar-refractivity contribution in [2.75, 3.05) is 12.4 Å². The van der Waals surface area contributed by atoms with Crippen LogP contribution in [0.1, 0.15) is 18.1 Å². The van der Waals surface area contributed by atoms with Crippen LogP contribution < -0.4 is 16.8 Å². The first-order chi connectivity index (χ1) is 8.08. The van der Waals surface area contributed by atoms with Gasteiger partial charge in [0.15, 0.2) is 0 Å². The molecule has 5 N–H and O–H groups in total. The Hall–Kier alpha value is -2.04. The normalized spacial score (nSPS) is 12.6. The van der Waals surface area contributed by atoms with Crippen molar-refractivity contribution in [1.29, 1.82) is 0 Å². The first kappa shape index (κ1) is 13.0. The summed E-state index contributed by atoms with van der Waals surface area (Å²) >= 11 is 0. The van der Waals surface area contributed by atoms with E-state index in [0.29, 0.717) is 0 Å². The Balaban J connectivity index is 2.99. The third kappa shape index (κ3) is 3.48. The number of hydrogen-bond acceptors (Lipinski definition) is 1. The van der Waals surface area contributed by atoms with Crippen molar-refractivity contribution < 1.29 is 0 Å². The van der Waals surface area contributed by atoms with E-state index in [1.807, 2.05) is 19.1 Å². The molecule has 0 aromatic heterocycles. The number of nitrogens with one attached hydrogen (secondary N) is 1. The highest BCUT2D eigenvalue weighted by atomic mass is 15.2. The standard InChI is InChI=1S/C12H19N5/c1-4-9-7-5-6-8(2)10(9)16-12(14)17-11(13)15-3/h5-7H,4H2,1-3H3,(H5,13,14,15,16,17). The van der Waals surface area contributed by atoms with E-state index in [9.17, 15) is 0 Å². The van der Waals surface area contributed by atoms with E-state index in [4.69, 9.17) is 11.5 Å². The maximum Gasteiger partial charge on any atom is 0.218 e. The van der Waals surface area contributed by atoms with Crippen molar-refractivity contribution in [3.63, 3.8) is 0 Å². The number of aryl methyl sites for hydroxylation is 2. The lowest BCUT2D eigenvalue weighted by Gasteiger charge is -2.13. The monoisotopic (exact) mass is 233 g/mol. The topological polar surface area (TPSA) is 88.8 Å². The van der Waals surface area contributed by atoms with Crippen LogP contribution in [0.15, 0.2) is 28.2 Å². The minimum absolute atomic E-state index is 0.154. The molecule has 0 aliphatic heterocycles. The molecule has 0 heterocycles. The number of aliphatic imine (C=N–C) groups is 2. The van der Waals surface area contributed by atoms with E-state index < -0.39 is 0 Å². The van der Waals surface area contributed by atoms with Crippen LogP contribution in [0.25, 0.3) is 0 Å². The highest BCUT2D eigenvalue weighted by Crippen LogP contribution is 2.20. The smallest absolute Gasteiger partial charge is 0.218 e. The molecule has 5 nitrogen and oxygen atoms in total. The molecule has 92 valence electrons. The summed E-state index contributed by atoms with van der Waals surface area (Å²) in [6.45, 7) is 4.11. The molecule has 0 saturated carbocycles. The molecule has 17 heavy (non-hydrogen) atoms. The third-order valence-electron chi connectivity index (χ3n) is 2.46. The third-order valence-corrected chi connectivity index (χ3v) is 2.46. The van der Waals surface area contributed by atoms with Crippen LogP contribution >= 0.6 is 0 Å². The Morgan fingerprint density at radius 3 is 2.65 bits per heavy atom. The van der Waals surface area contributed by atoms with Gasteiger partial charge in [-0.2, -0.15) is 4.99 Å². The van der Waals surface area contributed by atoms with Gasteiger partial charge >= 0.3 is 0 Å². The number of anilines is 1. The molecule has 1 aromatic carbocycles. The van der Waals surface area contributed by atoms with E-state index in [-0.39, 0.29) is 11.9 Å². The predicted octanol–water partition coefficient (Wildman–Crippen LogP) is 1.23. The lowest BCUT2D eigenvalue weighted by atomic mass is 10.1. The Morgan fingerprint density at radius 1 is 1.35 bits per heavy atom. The predicted molar refractivity (Wildman–Crippen MR) is 73.3 cm³/mol. The first-order valence-electron chi connectivity index (χ1n) is 5.50. The Labute approximate surface area is 102 Å². The number of guanidine groups is 2. The van der Waals surface area contributed by atoms with Gasteiger partial charge < -0.3 is 16.8 Å². The van der Waals surface area contributed by atoms with Gasteiger partial charge in [0.2, 0.25) is 11.9 Å². The second-order valence-corrected chi connectivity index (χ2v) is 3.67. The lowest BCUT2D eigenvalue weighted by molar-refractivity contribution is 1.13. The Morgan fingerprint density at radius 2 is 2.06 bits per heavy atom. The molecule has 0 bridgehead atoms. The van der Waals surface area contributed by atoms with Crippen molar-refractivity contribution in [1.82, 2.24) is 0 Å². The molecule has 5 heteroatoms. The van der Waals surface area contributed by atoms with Crippen LogP contribution in [0, 0.1) is 6.92 Å². The van der Waals surface area contributed by atoms with E-state index in [2.05, 4.69) is 28.3 Å². The van der Waals surface area contributed by atoms with Gasteiger partial charge in [-0.25, -0.2) is 0 Å². The number of hydrogen-bond donors (Lipinski definition) is 3. The molecule has 0 fully saturated rings. The molecule has 0 saturated heterocycles. The Bertz CT molecular complexity index is 448. The maximum atomic E-state index is 5.75. The van der Waals surface area contributed by atoms with E-state index in [1.165, 1.54) is 5.56 Å². The van der Waals surface area contributed by atoms with Crippen molar-refractivity contribution in [3.05, 3.63) is 29.3 Å². The molecule has 0 radical (unpaired) electrons. The van der Waals surface area contributed by atoms with Crippen LogP contribution in [0.4, 0.5) is 5.69 Å². The molecule has 0 unspecified atom stereocenters. The van der Waals surface area contributed by atoms with E-state index in [0.717, 1.165) is 17.7 Å². The molecule has 0 amide bonds. The number of rotatable bonds is 2. The average Bonchev–Trinajstić information content (AvgIpc) is 2.31. The highest BCUT2D eigenvalue weighted by Gasteiger charge is 2.05. The van der Waals surface area contributed by atoms with E-state index >= 15 is 0 Å². The number of para-hydroxylation sites is 1. The zero-order chi connectivity index (χ0) is 12.8. The van der Waals surface area contributed by atoms with Gasteiger partial charge in [0.25, 0.3) is 0 Å². The van der Waals surface area contributed by atoms with Crippen LogP contribution in [0.3, 0.4) is 0 Å². The summed E-state index contributed by atoms with van der Waals surface area (Å²) in [6, 6.07) is 6.10. The fourth-order valence-electron chi connectivity index (χ4n) is 1.53. The summed E-state index contributed by atoms with van der Waals surface area (Å²) in [5.74, 6) is 0.402. The largest absolute Gasteiger partial charge is 0.369 e. The zero-order valence-electron chi connectivity index (χ0n) is 10.5. The van der Waals surface area contributed by atoms with Gasteiger partial charge in [-0.15, -0.1) is 0 Å². The summed E-state index contributed by atoms with van der Waals surface area (Å²) < 4.78 is 0. The van der Waals surface area contributed by atoms with Gasteiger partial charge in [-0.05, 0) is 24.5 Å². The van der Waals surface area contributed by atoms with Gasteiger partial charge in [-0.3, -0.25) is 4.99 Å². The van der Waals surface area contributed by atoms with Crippen LogP contribution in [0.2, 0.25) is 0 Å². The first-order valence-corrected chi connectivity index (χ1v) is 5.50. The number of benzene rings is 1. The van der Waals surface area contributed by atoms with Crippen molar-refractivity contribution in [3.8, 4) is 0 Å². The fourth-order valence-corrected chi connectivity index (χ4v) is 1.53. The fraction of sp³-hybridized carbons (Fsp3) is 0.333. The zero-order valence-corrected chi connectivity index (χ0v) is 10.5. The summed E-state index contributed by atoms with van der Waals surface area (Å²) in [4.78, 5) is 7.64. The van der Waals surface area contributed by atoms with Gasteiger partial charge in [0.1, 0.15) is 0 Å². The summed E-state index contributed by atoms with van der Waals surface area (Å²) in [5.41, 5.74) is 14.5. The number of nitrogens with two attached hydrogens (primary N) is 2. The second-order valence-electron chi connectivity index (χ2n) is 3.67. The highest BCUT2D eigenvalue weighted by molar-refractivity contribution is 6.01. The minimum Gasteiger partial charge on any atom is -0.369 e. The molecule has 0 aliphatic carbocycles. The van der Waals surface area contributed by atoms with Gasteiger partial charge in [0, 0.05) is 12.7 Å². The molecular weight excluding hydrogens is 214 g/mol. The molecule has 0 spiro atoms. The quantitative estimate of drug-likeness (QED) is 0.530. The molecular formula is C12H19N5. The second kappa shape index (κ2) is 5.89. The van der Waals surface area contributed by atoms with E-state index in [1.54, 1.807) is 7.05 Å². The lowest BCUT2D eigenvalue weighted by Crippen LogP contribution is -2.27. The average molecular weight is 233 g/mol. The summed E-state index contributed by atoms with van der Waals surface area (Å²) in [7, 11) is 1.57. The molecule has 0 atom stereocenters. The number of nitrogens with zero attached hydrogens (tertiary/aromatic N) is 2. The van der Waals surface area contributed by atoms with Gasteiger partial charge in [-0.1, -0.05) is 25.1 Å². The Kier molecular flexibility index (Phi) is 4.51. The van der Waals surface area contributed by atoms with Crippen LogP contribution in [-0.4, -0.2) is 19.0 Å². The van der Waals surface area contributed by atoms with Crippen molar-refractivity contribution in [2.24, 2.45) is 21.5 Å². The SMILES string of the molecule is CCc1cccc(C)c1N/C(N)=N/C(N)=NC. The van der Waals surface area contributed by atoms with Crippen LogP contribution in [0.5, 0.6) is 0 Å². The van der Waals surface area contributed by atoms with Crippen molar-refractivity contribution in [2.45, 2.75) is 20.3 Å². The maximum absolute atomic E-state index is 5.75. The summed E-state index contributed by atoms with van der Waals surface area (Å²) in [5, 5.41) is 3.06. The van der Waals surface area contributed by atoms with Gasteiger partial charge in [0.05, 0.1) is 0 Å². The van der Waals surface area contributed by atoms with Crippen LogP contribution in [-0.2, 0) is 6.42 Å².